The second kappa shape index (κ2) is 6.41. The van der Waals surface area contributed by atoms with E-state index in [1.807, 2.05) is 12.1 Å². The van der Waals surface area contributed by atoms with Crippen LogP contribution in [0.25, 0.3) is 22.2 Å². The van der Waals surface area contributed by atoms with Crippen molar-refractivity contribution in [3.63, 3.8) is 0 Å². The first-order valence-electron chi connectivity index (χ1n) is 7.67. The summed E-state index contributed by atoms with van der Waals surface area (Å²) in [7, 11) is 0. The maximum atomic E-state index is 12.6. The highest BCUT2D eigenvalue weighted by molar-refractivity contribution is 7.71. The number of aromatic amines is 2. The van der Waals surface area contributed by atoms with Gasteiger partial charge in [-0.05, 0) is 42.5 Å². The molecule has 3 N–H and O–H groups in total. The van der Waals surface area contributed by atoms with Crippen LogP contribution in [-0.4, -0.2) is 20.9 Å². The molecule has 4 aromatic rings. The number of nitrogens with zero attached hydrogens (tertiary/aromatic N) is 1. The first kappa shape index (κ1) is 16.0. The van der Waals surface area contributed by atoms with Gasteiger partial charge in [0.25, 0.3) is 11.5 Å². The highest BCUT2D eigenvalue weighted by atomic mass is 32.1. The molecule has 7 nitrogen and oxygen atoms in total. The van der Waals surface area contributed by atoms with Crippen molar-refractivity contribution in [2.45, 2.75) is 0 Å². The van der Waals surface area contributed by atoms with Crippen LogP contribution in [0.3, 0.4) is 0 Å². The van der Waals surface area contributed by atoms with Crippen LogP contribution in [0.1, 0.15) is 10.4 Å². The number of aromatic nitrogens is 3. The normalized spacial score (nSPS) is 10.8. The minimum atomic E-state index is -0.304. The largest absolute Gasteiger partial charge is 0.444 e. The molecule has 0 saturated heterocycles. The van der Waals surface area contributed by atoms with Crippen LogP contribution in [-0.2, 0) is 0 Å². The van der Waals surface area contributed by atoms with Gasteiger partial charge in [0.2, 0.25) is 0 Å². The van der Waals surface area contributed by atoms with Gasteiger partial charge < -0.3 is 14.7 Å². The predicted molar refractivity (Wildman–Crippen MR) is 99.6 cm³/mol. The minimum Gasteiger partial charge on any atom is -0.444 e. The fourth-order valence-corrected chi connectivity index (χ4v) is 2.83. The Balaban J connectivity index is 1.64. The van der Waals surface area contributed by atoms with Crippen LogP contribution < -0.4 is 10.9 Å². The van der Waals surface area contributed by atoms with Gasteiger partial charge in [-0.25, -0.2) is 4.98 Å². The van der Waals surface area contributed by atoms with Gasteiger partial charge in [-0.3, -0.25) is 14.6 Å². The summed E-state index contributed by atoms with van der Waals surface area (Å²) in [5.41, 5.74) is 2.02. The van der Waals surface area contributed by atoms with Crippen molar-refractivity contribution in [1.82, 2.24) is 15.0 Å². The number of fused-ring (bicyclic) bond motifs is 1. The molecule has 128 valence electrons. The predicted octanol–water partition coefficient (Wildman–Crippen LogP) is 3.49. The molecule has 0 aliphatic carbocycles. The summed E-state index contributed by atoms with van der Waals surface area (Å²) in [5, 5.41) is 3.26. The quantitative estimate of drug-likeness (QED) is 0.483. The summed E-state index contributed by atoms with van der Waals surface area (Å²) in [6.45, 7) is 0. The van der Waals surface area contributed by atoms with E-state index in [9.17, 15) is 9.59 Å². The van der Waals surface area contributed by atoms with Crippen LogP contribution in [0.4, 0.5) is 5.69 Å². The number of benzene rings is 2. The summed E-state index contributed by atoms with van der Waals surface area (Å²) in [6.07, 6.45) is 2.95. The third-order valence-corrected chi connectivity index (χ3v) is 4.04. The molecule has 0 radical (unpaired) electrons. The van der Waals surface area contributed by atoms with Crippen LogP contribution in [0.15, 0.2) is 64.3 Å². The maximum absolute atomic E-state index is 12.6. The molecule has 2 aromatic heterocycles. The molecule has 1 amide bonds. The SMILES string of the molecule is O=C(Nc1cccc(-c2cnco2)c1)c1ccc2c(=O)[nH]c(=S)[nH]c2c1. The molecular weight excluding hydrogens is 352 g/mol. The van der Waals surface area contributed by atoms with Gasteiger partial charge in [-0.2, -0.15) is 0 Å². The number of carbonyl (C=O) groups is 1. The van der Waals surface area contributed by atoms with Crippen molar-refractivity contribution in [2.75, 3.05) is 5.32 Å². The van der Waals surface area contributed by atoms with Crippen molar-refractivity contribution in [1.29, 1.82) is 0 Å². The van der Waals surface area contributed by atoms with Crippen molar-refractivity contribution in [2.24, 2.45) is 0 Å². The van der Waals surface area contributed by atoms with Crippen molar-refractivity contribution < 1.29 is 9.21 Å². The Kier molecular flexibility index (Phi) is 3.94. The number of H-pyrrole nitrogens is 2. The number of hydrogen-bond acceptors (Lipinski definition) is 5. The van der Waals surface area contributed by atoms with E-state index in [1.54, 1.807) is 36.5 Å². The molecule has 0 saturated carbocycles. The lowest BCUT2D eigenvalue weighted by atomic mass is 10.1. The summed E-state index contributed by atoms with van der Waals surface area (Å²) in [6, 6.07) is 12.0. The first-order valence-corrected chi connectivity index (χ1v) is 8.07. The van der Waals surface area contributed by atoms with Gasteiger partial charge in [0.05, 0.1) is 17.1 Å². The Morgan fingerprint density at radius 2 is 2.04 bits per heavy atom. The molecule has 8 heteroatoms. The zero-order valence-corrected chi connectivity index (χ0v) is 14.1. The summed E-state index contributed by atoms with van der Waals surface area (Å²) < 4.78 is 5.47. The van der Waals surface area contributed by atoms with Crippen LogP contribution in [0, 0.1) is 4.77 Å². The van der Waals surface area contributed by atoms with E-state index in [1.165, 1.54) is 6.39 Å². The van der Waals surface area contributed by atoms with Crippen LogP contribution in [0.2, 0.25) is 0 Å². The van der Waals surface area contributed by atoms with Gasteiger partial charge in [0, 0.05) is 16.8 Å². The van der Waals surface area contributed by atoms with Crippen molar-refractivity contribution in [3.05, 3.63) is 75.7 Å². The van der Waals surface area contributed by atoms with E-state index in [0.717, 1.165) is 5.56 Å². The van der Waals surface area contributed by atoms with Crippen LogP contribution in [0.5, 0.6) is 0 Å². The fourth-order valence-electron chi connectivity index (χ4n) is 2.62. The van der Waals surface area contributed by atoms with Gasteiger partial charge >= 0.3 is 0 Å². The van der Waals surface area contributed by atoms with Gasteiger partial charge in [-0.1, -0.05) is 12.1 Å². The average molecular weight is 364 g/mol. The average Bonchev–Trinajstić information content (AvgIpc) is 3.16. The molecule has 0 fully saturated rings. The second-order valence-corrected chi connectivity index (χ2v) is 5.98. The summed E-state index contributed by atoms with van der Waals surface area (Å²) in [4.78, 5) is 33.7. The molecule has 2 aromatic carbocycles. The smallest absolute Gasteiger partial charge is 0.259 e. The third kappa shape index (κ3) is 3.05. The Labute approximate surface area is 151 Å². The summed E-state index contributed by atoms with van der Waals surface area (Å²) in [5.74, 6) is 0.305. The van der Waals surface area contributed by atoms with Gasteiger partial charge in [-0.15, -0.1) is 0 Å². The number of anilines is 1. The molecule has 0 bridgehead atoms. The molecule has 0 aliphatic heterocycles. The maximum Gasteiger partial charge on any atom is 0.259 e. The van der Waals surface area contributed by atoms with Gasteiger partial charge in [0.15, 0.2) is 16.9 Å². The zero-order chi connectivity index (χ0) is 18.1. The lowest BCUT2D eigenvalue weighted by Gasteiger charge is -2.07. The van der Waals surface area contributed by atoms with E-state index >= 15 is 0 Å². The van der Waals surface area contributed by atoms with Crippen molar-refractivity contribution in [3.8, 4) is 11.3 Å². The molecular formula is C18H12N4O3S. The lowest BCUT2D eigenvalue weighted by molar-refractivity contribution is 0.102. The number of nitrogens with one attached hydrogen (secondary N) is 3. The Bertz CT molecular complexity index is 1230. The number of hydrogen-bond donors (Lipinski definition) is 3. The minimum absolute atomic E-state index is 0.208. The topological polar surface area (TPSA) is 104 Å². The summed E-state index contributed by atoms with van der Waals surface area (Å²) >= 11 is 4.97. The van der Waals surface area contributed by atoms with Crippen molar-refractivity contribution >= 4 is 34.7 Å². The Hall–Kier alpha value is -3.52. The zero-order valence-electron chi connectivity index (χ0n) is 13.3. The number of oxazole rings is 1. The molecule has 0 atom stereocenters. The van der Waals surface area contributed by atoms with E-state index in [-0.39, 0.29) is 16.2 Å². The number of amides is 1. The van der Waals surface area contributed by atoms with E-state index in [2.05, 4.69) is 20.3 Å². The fraction of sp³-hybridized carbons (Fsp3) is 0. The molecule has 4 rings (SSSR count). The number of carbonyl (C=O) groups excluding carboxylic acids is 1. The Morgan fingerprint density at radius 1 is 1.15 bits per heavy atom. The lowest BCUT2D eigenvalue weighted by Crippen LogP contribution is -2.13. The highest BCUT2D eigenvalue weighted by Crippen LogP contribution is 2.22. The highest BCUT2D eigenvalue weighted by Gasteiger charge is 2.10. The molecule has 2 heterocycles. The third-order valence-electron chi connectivity index (χ3n) is 3.84. The van der Waals surface area contributed by atoms with Gasteiger partial charge in [0.1, 0.15) is 0 Å². The molecule has 0 spiro atoms. The van der Waals surface area contributed by atoms with E-state index < -0.39 is 0 Å². The second-order valence-electron chi connectivity index (χ2n) is 5.57. The van der Waals surface area contributed by atoms with Crippen LogP contribution >= 0.6 is 12.2 Å². The molecule has 0 aliphatic rings. The van der Waals surface area contributed by atoms with E-state index in [0.29, 0.717) is 27.9 Å². The standard InChI is InChI=1S/C18H12N4O3S/c23-16(11-4-5-13-14(7-11)21-18(26)22-17(13)24)20-12-3-1-2-10(6-12)15-8-19-9-25-15/h1-9H,(H,20,23)(H2,21,22,24,26). The van der Waals surface area contributed by atoms with E-state index in [4.69, 9.17) is 16.6 Å². The Morgan fingerprint density at radius 3 is 2.85 bits per heavy atom. The monoisotopic (exact) mass is 364 g/mol. The first-order chi connectivity index (χ1) is 12.6. The number of rotatable bonds is 3. The molecule has 26 heavy (non-hydrogen) atoms. The molecule has 0 unspecified atom stereocenters.